The second-order valence-electron chi connectivity index (χ2n) is 3.30. The zero-order chi connectivity index (χ0) is 6.27. The molecule has 0 bridgehead atoms. The van der Waals surface area contributed by atoms with Gasteiger partial charge in [0.25, 0.3) is 0 Å². The van der Waals surface area contributed by atoms with Crippen LogP contribution in [0.2, 0.25) is 0 Å². The molecule has 0 amide bonds. The number of carbonyl (C=O) groups excluding carboxylic acids is 1. The summed E-state index contributed by atoms with van der Waals surface area (Å²) in [5.74, 6) is 1.87. The fourth-order valence-electron chi connectivity index (χ4n) is 1.77. The highest BCUT2D eigenvalue weighted by Crippen LogP contribution is 2.41. The Morgan fingerprint density at radius 1 is 1.22 bits per heavy atom. The third-order valence-electron chi connectivity index (χ3n) is 2.83. The quantitative estimate of drug-likeness (QED) is 0.520. The van der Waals surface area contributed by atoms with Crippen LogP contribution in [0.5, 0.6) is 0 Å². The summed E-state index contributed by atoms with van der Waals surface area (Å²) in [7, 11) is 0. The van der Waals surface area contributed by atoms with Gasteiger partial charge in [0.1, 0.15) is 5.78 Å². The molecule has 2 aliphatic rings. The molecule has 2 rings (SSSR count). The fraction of sp³-hybridized carbons (Fsp3) is 0.875. The van der Waals surface area contributed by atoms with Gasteiger partial charge in [0.2, 0.25) is 0 Å². The van der Waals surface area contributed by atoms with E-state index in [4.69, 9.17) is 0 Å². The molecule has 1 heteroatoms. The van der Waals surface area contributed by atoms with Crippen molar-refractivity contribution in [1.82, 2.24) is 0 Å². The molecule has 2 aliphatic carbocycles. The highest BCUT2D eigenvalue weighted by Gasteiger charge is 2.37. The van der Waals surface area contributed by atoms with Crippen LogP contribution in [-0.2, 0) is 4.79 Å². The predicted molar refractivity (Wildman–Crippen MR) is 35.1 cm³/mol. The zero-order valence-corrected chi connectivity index (χ0v) is 5.60. The van der Waals surface area contributed by atoms with Crippen molar-refractivity contribution in [3.8, 4) is 0 Å². The van der Waals surface area contributed by atoms with Gasteiger partial charge in [-0.1, -0.05) is 6.42 Å². The Balaban J connectivity index is 1.90. The molecule has 0 unspecified atom stereocenters. The minimum absolute atomic E-state index is 0.513. The van der Waals surface area contributed by atoms with Crippen molar-refractivity contribution in [2.75, 3.05) is 0 Å². The van der Waals surface area contributed by atoms with E-state index in [-0.39, 0.29) is 0 Å². The van der Waals surface area contributed by atoms with E-state index in [1.807, 2.05) is 0 Å². The van der Waals surface area contributed by atoms with Crippen LogP contribution in [-0.4, -0.2) is 5.78 Å². The lowest BCUT2D eigenvalue weighted by atomic mass is 9.66. The Hall–Kier alpha value is -0.330. The van der Waals surface area contributed by atoms with E-state index in [0.717, 1.165) is 12.3 Å². The topological polar surface area (TPSA) is 17.1 Å². The zero-order valence-electron chi connectivity index (χ0n) is 5.60. The van der Waals surface area contributed by atoms with Gasteiger partial charge < -0.3 is 0 Å². The average Bonchev–Trinajstić information content (AvgIpc) is 1.74. The van der Waals surface area contributed by atoms with Crippen LogP contribution in [0.25, 0.3) is 0 Å². The van der Waals surface area contributed by atoms with Gasteiger partial charge in [-0.15, -0.1) is 0 Å². The first-order valence-electron chi connectivity index (χ1n) is 3.90. The third-order valence-corrected chi connectivity index (χ3v) is 2.83. The van der Waals surface area contributed by atoms with Crippen LogP contribution in [0.15, 0.2) is 0 Å². The maximum absolute atomic E-state index is 10.9. The van der Waals surface area contributed by atoms with Crippen LogP contribution in [0, 0.1) is 11.8 Å². The minimum Gasteiger partial charge on any atom is -0.299 e. The summed E-state index contributed by atoms with van der Waals surface area (Å²) in [6.45, 7) is 0. The number of rotatable bonds is 1. The van der Waals surface area contributed by atoms with E-state index in [1.54, 1.807) is 0 Å². The van der Waals surface area contributed by atoms with Crippen molar-refractivity contribution < 1.29 is 4.79 Å². The fourth-order valence-corrected chi connectivity index (χ4v) is 1.77. The second kappa shape index (κ2) is 1.83. The Kier molecular flexibility index (Phi) is 1.11. The van der Waals surface area contributed by atoms with E-state index in [0.29, 0.717) is 11.7 Å². The largest absolute Gasteiger partial charge is 0.299 e. The van der Waals surface area contributed by atoms with Crippen molar-refractivity contribution in [3.63, 3.8) is 0 Å². The first-order valence-corrected chi connectivity index (χ1v) is 3.90. The van der Waals surface area contributed by atoms with Crippen molar-refractivity contribution in [2.45, 2.75) is 32.1 Å². The normalized spacial score (nSPS) is 35.6. The molecule has 50 valence electrons. The third kappa shape index (κ3) is 0.707. The van der Waals surface area contributed by atoms with E-state index >= 15 is 0 Å². The SMILES string of the molecule is O=C1CC[C@H]1C1CCC1. The molecule has 0 saturated heterocycles. The van der Waals surface area contributed by atoms with Crippen molar-refractivity contribution >= 4 is 5.78 Å². The van der Waals surface area contributed by atoms with E-state index in [1.165, 1.54) is 25.7 Å². The van der Waals surface area contributed by atoms with E-state index in [2.05, 4.69) is 0 Å². The number of ketones is 1. The van der Waals surface area contributed by atoms with Gasteiger partial charge >= 0.3 is 0 Å². The lowest BCUT2D eigenvalue weighted by molar-refractivity contribution is -0.133. The average molecular weight is 124 g/mol. The van der Waals surface area contributed by atoms with Crippen LogP contribution in [0.4, 0.5) is 0 Å². The summed E-state index contributed by atoms with van der Waals surface area (Å²) in [5, 5.41) is 0. The van der Waals surface area contributed by atoms with E-state index < -0.39 is 0 Å². The van der Waals surface area contributed by atoms with Crippen molar-refractivity contribution in [3.05, 3.63) is 0 Å². The summed E-state index contributed by atoms with van der Waals surface area (Å²) in [6.07, 6.45) is 6.10. The van der Waals surface area contributed by atoms with Crippen molar-refractivity contribution in [1.29, 1.82) is 0 Å². The van der Waals surface area contributed by atoms with Crippen LogP contribution >= 0.6 is 0 Å². The molecular formula is C8H12O. The molecule has 2 saturated carbocycles. The molecule has 1 atom stereocenters. The lowest BCUT2D eigenvalue weighted by Gasteiger charge is -2.37. The van der Waals surface area contributed by atoms with Gasteiger partial charge in [-0.05, 0) is 25.2 Å². The first-order chi connectivity index (χ1) is 4.38. The monoisotopic (exact) mass is 124 g/mol. The summed E-state index contributed by atoms with van der Waals surface area (Å²) in [6, 6.07) is 0. The lowest BCUT2D eigenvalue weighted by Crippen LogP contribution is -2.35. The molecule has 0 spiro atoms. The molecule has 9 heavy (non-hydrogen) atoms. The van der Waals surface area contributed by atoms with Gasteiger partial charge in [-0.2, -0.15) is 0 Å². The molecule has 0 aliphatic heterocycles. The first kappa shape index (κ1) is 5.45. The van der Waals surface area contributed by atoms with Crippen molar-refractivity contribution in [2.24, 2.45) is 11.8 Å². The van der Waals surface area contributed by atoms with Gasteiger partial charge in [0.15, 0.2) is 0 Å². The molecule has 0 N–H and O–H groups in total. The molecule has 1 nitrogen and oxygen atoms in total. The molecular weight excluding hydrogens is 112 g/mol. The highest BCUT2D eigenvalue weighted by molar-refractivity contribution is 5.86. The predicted octanol–water partition coefficient (Wildman–Crippen LogP) is 1.77. The number of Topliss-reactive ketones (excluding diaryl/α,β-unsaturated/α-hetero) is 1. The number of carbonyl (C=O) groups is 1. The van der Waals surface area contributed by atoms with Gasteiger partial charge in [-0.3, -0.25) is 4.79 Å². The Bertz CT molecular complexity index is 136. The van der Waals surface area contributed by atoms with Gasteiger partial charge in [0.05, 0.1) is 0 Å². The Labute approximate surface area is 55.4 Å². The summed E-state index contributed by atoms with van der Waals surface area (Å²) in [5.41, 5.74) is 0. The van der Waals surface area contributed by atoms with Crippen LogP contribution in [0.1, 0.15) is 32.1 Å². The van der Waals surface area contributed by atoms with E-state index in [9.17, 15) is 4.79 Å². The van der Waals surface area contributed by atoms with Crippen LogP contribution < -0.4 is 0 Å². The maximum Gasteiger partial charge on any atom is 0.136 e. The Morgan fingerprint density at radius 3 is 2.11 bits per heavy atom. The molecule has 0 aromatic rings. The van der Waals surface area contributed by atoms with Gasteiger partial charge in [0, 0.05) is 12.3 Å². The molecule has 0 heterocycles. The second-order valence-corrected chi connectivity index (χ2v) is 3.30. The van der Waals surface area contributed by atoms with Gasteiger partial charge in [-0.25, -0.2) is 0 Å². The Morgan fingerprint density at radius 2 is 2.00 bits per heavy atom. The van der Waals surface area contributed by atoms with Crippen LogP contribution in [0.3, 0.4) is 0 Å². The number of hydrogen-bond donors (Lipinski definition) is 0. The molecule has 2 fully saturated rings. The molecule has 0 radical (unpaired) electrons. The number of hydrogen-bond acceptors (Lipinski definition) is 1. The smallest absolute Gasteiger partial charge is 0.136 e. The molecule has 0 aromatic carbocycles. The standard InChI is InChI=1S/C8H12O/c9-8-5-4-7(8)6-2-1-3-6/h6-7H,1-5H2/t7-/m0/s1. The molecule has 0 aromatic heterocycles. The summed E-state index contributed by atoms with van der Waals surface area (Å²) < 4.78 is 0. The summed E-state index contributed by atoms with van der Waals surface area (Å²) >= 11 is 0. The maximum atomic E-state index is 10.9. The summed E-state index contributed by atoms with van der Waals surface area (Å²) in [4.78, 5) is 10.9. The minimum atomic E-state index is 0.513. The highest BCUT2D eigenvalue weighted by atomic mass is 16.1.